The highest BCUT2D eigenvalue weighted by molar-refractivity contribution is 9.10. The van der Waals surface area contributed by atoms with Crippen molar-refractivity contribution < 1.29 is 4.74 Å². The van der Waals surface area contributed by atoms with Gasteiger partial charge in [0.1, 0.15) is 12.4 Å². The summed E-state index contributed by atoms with van der Waals surface area (Å²) in [7, 11) is 0. The molecule has 106 valence electrons. The fourth-order valence-electron chi connectivity index (χ4n) is 1.80. The maximum Gasteiger partial charge on any atom is 0.124 e. The van der Waals surface area contributed by atoms with Crippen LogP contribution in [0, 0.1) is 0 Å². The highest BCUT2D eigenvalue weighted by Gasteiger charge is 2.10. The van der Waals surface area contributed by atoms with Crippen LogP contribution in [0.5, 0.6) is 5.75 Å². The van der Waals surface area contributed by atoms with Gasteiger partial charge < -0.3 is 10.5 Å². The predicted molar refractivity (Wildman–Crippen MR) is 87.5 cm³/mol. The second-order valence-corrected chi connectivity index (χ2v) is 6.25. The monoisotopic (exact) mass is 373 g/mol. The second-order valence-electron chi connectivity index (χ2n) is 4.50. The van der Waals surface area contributed by atoms with Gasteiger partial charge in [0.2, 0.25) is 0 Å². The Morgan fingerprint density at radius 3 is 2.60 bits per heavy atom. The van der Waals surface area contributed by atoms with E-state index in [1.165, 1.54) is 0 Å². The van der Waals surface area contributed by atoms with E-state index in [1.54, 1.807) is 12.1 Å². The molecule has 0 saturated heterocycles. The average Bonchev–Trinajstić information content (AvgIpc) is 2.38. The quantitative estimate of drug-likeness (QED) is 0.782. The lowest BCUT2D eigenvalue weighted by Crippen LogP contribution is -2.08. The minimum atomic E-state index is -0.108. The Labute approximate surface area is 137 Å². The molecule has 2 N–H and O–H groups in total. The Morgan fingerprint density at radius 2 is 1.95 bits per heavy atom. The van der Waals surface area contributed by atoms with E-state index < -0.39 is 0 Å². The summed E-state index contributed by atoms with van der Waals surface area (Å²) >= 11 is 15.4. The lowest BCUT2D eigenvalue weighted by atomic mass is 10.1. The minimum Gasteiger partial charge on any atom is -0.489 e. The summed E-state index contributed by atoms with van der Waals surface area (Å²) in [6.07, 6.45) is 0. The van der Waals surface area contributed by atoms with E-state index in [1.807, 2.05) is 31.2 Å². The van der Waals surface area contributed by atoms with Crippen molar-refractivity contribution in [2.75, 3.05) is 0 Å². The van der Waals surface area contributed by atoms with Crippen LogP contribution in [0.3, 0.4) is 0 Å². The zero-order valence-electron chi connectivity index (χ0n) is 10.9. The first-order valence-electron chi connectivity index (χ1n) is 6.09. The number of hydrogen-bond donors (Lipinski definition) is 1. The zero-order chi connectivity index (χ0) is 14.7. The first-order chi connectivity index (χ1) is 9.47. The molecule has 2 nitrogen and oxygen atoms in total. The Bertz CT molecular complexity index is 617. The van der Waals surface area contributed by atoms with Crippen LogP contribution in [0.25, 0.3) is 0 Å². The molecule has 1 atom stereocenters. The number of halogens is 3. The van der Waals surface area contributed by atoms with E-state index in [0.29, 0.717) is 16.7 Å². The first kappa shape index (κ1) is 15.6. The predicted octanol–water partition coefficient (Wildman–Crippen LogP) is 5.35. The highest BCUT2D eigenvalue weighted by atomic mass is 79.9. The van der Waals surface area contributed by atoms with E-state index >= 15 is 0 Å². The van der Waals surface area contributed by atoms with Crippen molar-refractivity contribution in [3.8, 4) is 5.75 Å². The Morgan fingerprint density at radius 1 is 1.20 bits per heavy atom. The SMILES string of the molecule is CC(N)c1cc(Br)ccc1OCc1ccc(Cl)cc1Cl. The number of rotatable bonds is 4. The van der Waals surface area contributed by atoms with Crippen molar-refractivity contribution in [3.63, 3.8) is 0 Å². The standard InChI is InChI=1S/C15H14BrCl2NO/c1-9(19)13-6-11(16)3-5-15(13)20-8-10-2-4-12(17)7-14(10)18/h2-7,9H,8,19H2,1H3. The summed E-state index contributed by atoms with van der Waals surface area (Å²) in [6, 6.07) is 11.0. The lowest BCUT2D eigenvalue weighted by Gasteiger charge is -2.15. The summed E-state index contributed by atoms with van der Waals surface area (Å²) < 4.78 is 6.81. The fraction of sp³-hybridized carbons (Fsp3) is 0.200. The maximum absolute atomic E-state index is 6.13. The van der Waals surface area contributed by atoms with Crippen molar-refractivity contribution in [2.24, 2.45) is 5.73 Å². The molecule has 5 heteroatoms. The Hall–Kier alpha value is -0.740. The molecule has 0 fully saturated rings. The van der Waals surface area contributed by atoms with Gasteiger partial charge in [-0.3, -0.25) is 0 Å². The third-order valence-electron chi connectivity index (χ3n) is 2.86. The minimum absolute atomic E-state index is 0.108. The smallest absolute Gasteiger partial charge is 0.124 e. The van der Waals surface area contributed by atoms with Gasteiger partial charge in [-0.25, -0.2) is 0 Å². The molecule has 2 aromatic rings. The molecule has 2 aromatic carbocycles. The van der Waals surface area contributed by atoms with E-state index in [9.17, 15) is 0 Å². The molecule has 0 aromatic heterocycles. The summed E-state index contributed by atoms with van der Waals surface area (Å²) in [5.74, 6) is 0.759. The molecule has 0 heterocycles. The van der Waals surface area contributed by atoms with Crippen molar-refractivity contribution >= 4 is 39.1 Å². The molecule has 0 spiro atoms. The molecular formula is C15H14BrCl2NO. The molecule has 0 saturated carbocycles. The van der Waals surface area contributed by atoms with E-state index in [-0.39, 0.29) is 6.04 Å². The summed E-state index contributed by atoms with van der Waals surface area (Å²) in [4.78, 5) is 0. The van der Waals surface area contributed by atoms with Gasteiger partial charge in [0, 0.05) is 31.7 Å². The summed E-state index contributed by atoms with van der Waals surface area (Å²) in [5.41, 5.74) is 7.79. The maximum atomic E-state index is 6.13. The number of benzene rings is 2. The third kappa shape index (κ3) is 3.89. The topological polar surface area (TPSA) is 35.2 Å². The van der Waals surface area contributed by atoms with E-state index in [2.05, 4.69) is 15.9 Å². The van der Waals surface area contributed by atoms with Crippen LogP contribution < -0.4 is 10.5 Å². The molecule has 0 amide bonds. The second kappa shape index (κ2) is 6.81. The van der Waals surface area contributed by atoms with Crippen molar-refractivity contribution in [3.05, 3.63) is 62.0 Å². The van der Waals surface area contributed by atoms with Crippen LogP contribution in [-0.4, -0.2) is 0 Å². The van der Waals surface area contributed by atoms with Crippen LogP contribution in [0.15, 0.2) is 40.9 Å². The van der Waals surface area contributed by atoms with Gasteiger partial charge in [0.05, 0.1) is 0 Å². The molecule has 0 bridgehead atoms. The number of ether oxygens (including phenoxy) is 1. The molecule has 20 heavy (non-hydrogen) atoms. The Kier molecular flexibility index (Phi) is 5.33. The lowest BCUT2D eigenvalue weighted by molar-refractivity contribution is 0.301. The van der Waals surface area contributed by atoms with Gasteiger partial charge >= 0.3 is 0 Å². The van der Waals surface area contributed by atoms with Gasteiger partial charge in [0.15, 0.2) is 0 Å². The third-order valence-corrected chi connectivity index (χ3v) is 3.94. The van der Waals surface area contributed by atoms with Crippen LogP contribution in [0.4, 0.5) is 0 Å². The van der Waals surface area contributed by atoms with Crippen LogP contribution in [-0.2, 0) is 6.61 Å². The largest absolute Gasteiger partial charge is 0.489 e. The van der Waals surface area contributed by atoms with Gasteiger partial charge in [-0.15, -0.1) is 0 Å². The van der Waals surface area contributed by atoms with Crippen LogP contribution in [0.1, 0.15) is 24.1 Å². The van der Waals surface area contributed by atoms with E-state index in [0.717, 1.165) is 21.3 Å². The molecule has 0 radical (unpaired) electrons. The summed E-state index contributed by atoms with van der Waals surface area (Å²) in [6.45, 7) is 2.29. The van der Waals surface area contributed by atoms with Gasteiger partial charge in [-0.2, -0.15) is 0 Å². The molecule has 1 unspecified atom stereocenters. The van der Waals surface area contributed by atoms with Crippen molar-refractivity contribution in [2.45, 2.75) is 19.6 Å². The fourth-order valence-corrected chi connectivity index (χ4v) is 2.64. The zero-order valence-corrected chi connectivity index (χ0v) is 14.0. The van der Waals surface area contributed by atoms with E-state index in [4.69, 9.17) is 33.7 Å². The average molecular weight is 375 g/mol. The van der Waals surface area contributed by atoms with Crippen LogP contribution >= 0.6 is 39.1 Å². The van der Waals surface area contributed by atoms with Crippen molar-refractivity contribution in [1.29, 1.82) is 0 Å². The number of nitrogens with two attached hydrogens (primary N) is 1. The summed E-state index contributed by atoms with van der Waals surface area (Å²) in [5, 5.41) is 1.20. The first-order valence-corrected chi connectivity index (χ1v) is 7.64. The van der Waals surface area contributed by atoms with Gasteiger partial charge in [-0.05, 0) is 37.3 Å². The Balaban J connectivity index is 2.18. The molecular weight excluding hydrogens is 361 g/mol. The molecule has 0 aliphatic heterocycles. The molecule has 2 rings (SSSR count). The highest BCUT2D eigenvalue weighted by Crippen LogP contribution is 2.29. The van der Waals surface area contributed by atoms with Crippen LogP contribution in [0.2, 0.25) is 10.0 Å². The molecule has 0 aliphatic rings. The normalized spacial score (nSPS) is 12.2. The number of hydrogen-bond acceptors (Lipinski definition) is 2. The van der Waals surface area contributed by atoms with Gasteiger partial charge in [-0.1, -0.05) is 45.2 Å². The van der Waals surface area contributed by atoms with Gasteiger partial charge in [0.25, 0.3) is 0 Å². The van der Waals surface area contributed by atoms with Crippen molar-refractivity contribution in [1.82, 2.24) is 0 Å². The molecule has 0 aliphatic carbocycles.